The lowest BCUT2D eigenvalue weighted by molar-refractivity contribution is -0.119. The second-order valence-corrected chi connectivity index (χ2v) is 6.17. The quantitative estimate of drug-likeness (QED) is 0.791. The van der Waals surface area contributed by atoms with E-state index in [-0.39, 0.29) is 11.9 Å². The van der Waals surface area contributed by atoms with Crippen molar-refractivity contribution < 1.29 is 4.79 Å². The molecule has 0 spiro atoms. The Bertz CT molecular complexity index is 409. The first-order chi connectivity index (χ1) is 8.15. The number of carbonyl (C=O) groups is 1. The summed E-state index contributed by atoms with van der Waals surface area (Å²) in [6, 6.07) is 8.31. The van der Waals surface area contributed by atoms with Gasteiger partial charge in [0, 0.05) is 21.2 Å². The molecule has 1 amide bonds. The van der Waals surface area contributed by atoms with Gasteiger partial charge >= 0.3 is 0 Å². The Labute approximate surface area is 114 Å². The Morgan fingerprint density at radius 3 is 2.94 bits per heavy atom. The molecule has 1 aromatic rings. The first kappa shape index (κ1) is 12.9. The van der Waals surface area contributed by atoms with E-state index in [0.29, 0.717) is 11.8 Å². The van der Waals surface area contributed by atoms with Crippen LogP contribution in [0.4, 0.5) is 0 Å². The molecule has 1 unspecified atom stereocenters. The lowest BCUT2D eigenvalue weighted by Crippen LogP contribution is -2.44. The Morgan fingerprint density at radius 1 is 1.59 bits per heavy atom. The summed E-state index contributed by atoms with van der Waals surface area (Å²) >= 11 is 5.08. The number of hydrogen-bond acceptors (Lipinski definition) is 3. The van der Waals surface area contributed by atoms with Crippen molar-refractivity contribution in [2.24, 2.45) is 5.73 Å². The summed E-state index contributed by atoms with van der Waals surface area (Å²) in [5.41, 5.74) is 5.38. The van der Waals surface area contributed by atoms with Crippen LogP contribution in [0.3, 0.4) is 0 Å². The minimum absolute atomic E-state index is 0.230. The lowest BCUT2D eigenvalue weighted by Gasteiger charge is -2.14. The van der Waals surface area contributed by atoms with Gasteiger partial charge in [0.25, 0.3) is 0 Å². The highest BCUT2D eigenvalue weighted by molar-refractivity contribution is 9.10. The zero-order valence-electron chi connectivity index (χ0n) is 9.36. The van der Waals surface area contributed by atoms with E-state index < -0.39 is 0 Å². The highest BCUT2D eigenvalue weighted by Crippen LogP contribution is 2.24. The molecule has 1 saturated carbocycles. The molecule has 17 heavy (non-hydrogen) atoms. The third-order valence-corrected chi connectivity index (χ3v) is 4.15. The maximum Gasteiger partial charge on any atom is 0.235 e. The van der Waals surface area contributed by atoms with Gasteiger partial charge in [0.05, 0.1) is 6.04 Å². The molecule has 0 saturated heterocycles. The summed E-state index contributed by atoms with van der Waals surface area (Å²) < 4.78 is 1.05. The van der Waals surface area contributed by atoms with E-state index >= 15 is 0 Å². The summed E-state index contributed by atoms with van der Waals surface area (Å²) in [5, 5.41) is 3.27. The molecule has 3 nitrogen and oxygen atoms in total. The van der Waals surface area contributed by atoms with Crippen molar-refractivity contribution in [2.75, 3.05) is 5.75 Å². The molecule has 1 fully saturated rings. The lowest BCUT2D eigenvalue weighted by atomic mass is 10.3. The number of primary amides is 1. The molecule has 0 aromatic heterocycles. The number of halogens is 1. The number of benzene rings is 1. The molecule has 0 heterocycles. The van der Waals surface area contributed by atoms with Crippen LogP contribution in [-0.2, 0) is 4.79 Å². The molecule has 0 bridgehead atoms. The van der Waals surface area contributed by atoms with E-state index in [9.17, 15) is 4.79 Å². The van der Waals surface area contributed by atoms with E-state index in [4.69, 9.17) is 5.73 Å². The second kappa shape index (κ2) is 5.89. The molecule has 1 aromatic carbocycles. The van der Waals surface area contributed by atoms with Crippen molar-refractivity contribution in [3.05, 3.63) is 28.7 Å². The highest BCUT2D eigenvalue weighted by atomic mass is 79.9. The van der Waals surface area contributed by atoms with Crippen LogP contribution < -0.4 is 11.1 Å². The van der Waals surface area contributed by atoms with E-state index in [0.717, 1.165) is 22.2 Å². The average molecular weight is 315 g/mol. The molecule has 1 atom stereocenters. The third kappa shape index (κ3) is 4.33. The zero-order chi connectivity index (χ0) is 12.3. The number of thioether (sulfide) groups is 1. The van der Waals surface area contributed by atoms with Crippen molar-refractivity contribution in [3.63, 3.8) is 0 Å². The number of rotatable bonds is 6. The Balaban J connectivity index is 1.87. The number of nitrogens with two attached hydrogens (primary N) is 1. The van der Waals surface area contributed by atoms with Crippen molar-refractivity contribution >= 4 is 33.6 Å². The van der Waals surface area contributed by atoms with Crippen LogP contribution in [-0.4, -0.2) is 23.7 Å². The summed E-state index contributed by atoms with van der Waals surface area (Å²) in [6.45, 7) is 0. The maximum atomic E-state index is 11.3. The van der Waals surface area contributed by atoms with Gasteiger partial charge in [-0.2, -0.15) is 0 Å². The molecule has 3 N–H and O–H groups in total. The Kier molecular flexibility index (Phi) is 4.48. The van der Waals surface area contributed by atoms with Crippen molar-refractivity contribution in [1.82, 2.24) is 5.32 Å². The van der Waals surface area contributed by atoms with Gasteiger partial charge in [-0.1, -0.05) is 22.0 Å². The monoisotopic (exact) mass is 314 g/mol. The smallest absolute Gasteiger partial charge is 0.235 e. The van der Waals surface area contributed by atoms with Gasteiger partial charge in [-0.25, -0.2) is 0 Å². The van der Waals surface area contributed by atoms with Gasteiger partial charge in [-0.15, -0.1) is 11.8 Å². The Morgan fingerprint density at radius 2 is 2.35 bits per heavy atom. The SMILES string of the molecule is NC(=O)C(CSc1cccc(Br)c1)NC1CC1. The van der Waals surface area contributed by atoms with Gasteiger partial charge in [0.2, 0.25) is 5.91 Å². The zero-order valence-corrected chi connectivity index (χ0v) is 11.8. The maximum absolute atomic E-state index is 11.3. The van der Waals surface area contributed by atoms with Crippen LogP contribution in [0, 0.1) is 0 Å². The fraction of sp³-hybridized carbons (Fsp3) is 0.417. The molecular weight excluding hydrogens is 300 g/mol. The predicted octanol–water partition coefficient (Wildman–Crippen LogP) is 2.15. The van der Waals surface area contributed by atoms with E-state index in [1.165, 1.54) is 0 Å². The minimum Gasteiger partial charge on any atom is -0.368 e. The number of amides is 1. The third-order valence-electron chi connectivity index (χ3n) is 2.57. The fourth-order valence-corrected chi connectivity index (χ4v) is 3.04. The first-order valence-corrected chi connectivity index (χ1v) is 7.37. The van der Waals surface area contributed by atoms with Gasteiger partial charge in [0.15, 0.2) is 0 Å². The topological polar surface area (TPSA) is 55.1 Å². The van der Waals surface area contributed by atoms with Gasteiger partial charge in [-0.3, -0.25) is 4.79 Å². The van der Waals surface area contributed by atoms with Crippen molar-refractivity contribution in [3.8, 4) is 0 Å². The van der Waals surface area contributed by atoms with Crippen molar-refractivity contribution in [2.45, 2.75) is 29.8 Å². The van der Waals surface area contributed by atoms with Crippen LogP contribution in [0.1, 0.15) is 12.8 Å². The molecular formula is C12H15BrN2OS. The van der Waals surface area contributed by atoms with Gasteiger partial charge in [-0.05, 0) is 31.0 Å². The minimum atomic E-state index is -0.264. The molecule has 5 heteroatoms. The van der Waals surface area contributed by atoms with Crippen LogP contribution in [0.2, 0.25) is 0 Å². The molecule has 1 aliphatic carbocycles. The van der Waals surface area contributed by atoms with E-state index in [1.807, 2.05) is 24.3 Å². The largest absolute Gasteiger partial charge is 0.368 e. The standard InChI is InChI=1S/C12H15BrN2OS/c13-8-2-1-3-10(6-8)17-7-11(12(14)16)15-9-4-5-9/h1-3,6,9,11,15H,4-5,7H2,(H2,14,16). The molecule has 0 radical (unpaired) electrons. The van der Waals surface area contributed by atoms with Gasteiger partial charge in [0.1, 0.15) is 0 Å². The molecule has 92 valence electrons. The van der Waals surface area contributed by atoms with E-state index in [1.54, 1.807) is 11.8 Å². The van der Waals surface area contributed by atoms with Crippen LogP contribution in [0.5, 0.6) is 0 Å². The number of carbonyl (C=O) groups excluding carboxylic acids is 1. The second-order valence-electron chi connectivity index (χ2n) is 4.16. The summed E-state index contributed by atoms with van der Waals surface area (Å²) in [6.07, 6.45) is 2.32. The first-order valence-electron chi connectivity index (χ1n) is 5.59. The van der Waals surface area contributed by atoms with Crippen LogP contribution in [0.25, 0.3) is 0 Å². The number of hydrogen-bond donors (Lipinski definition) is 2. The predicted molar refractivity (Wildman–Crippen MR) is 74.0 cm³/mol. The normalized spacial score (nSPS) is 16.8. The number of nitrogens with one attached hydrogen (secondary N) is 1. The Hall–Kier alpha value is -0.520. The summed E-state index contributed by atoms with van der Waals surface area (Å²) in [5.74, 6) is 0.418. The molecule has 2 rings (SSSR count). The summed E-state index contributed by atoms with van der Waals surface area (Å²) in [7, 11) is 0. The summed E-state index contributed by atoms with van der Waals surface area (Å²) in [4.78, 5) is 12.4. The fourth-order valence-electron chi connectivity index (χ4n) is 1.48. The van der Waals surface area contributed by atoms with Crippen molar-refractivity contribution in [1.29, 1.82) is 0 Å². The van der Waals surface area contributed by atoms with Crippen LogP contribution >= 0.6 is 27.7 Å². The van der Waals surface area contributed by atoms with Crippen LogP contribution in [0.15, 0.2) is 33.6 Å². The molecule has 0 aliphatic heterocycles. The molecule has 1 aliphatic rings. The van der Waals surface area contributed by atoms with Gasteiger partial charge < -0.3 is 11.1 Å². The van der Waals surface area contributed by atoms with E-state index in [2.05, 4.69) is 21.2 Å². The average Bonchev–Trinajstić information content (AvgIpc) is 3.07. The highest BCUT2D eigenvalue weighted by Gasteiger charge is 2.27.